The van der Waals surface area contributed by atoms with Crippen LogP contribution in [0.1, 0.15) is 0 Å². The first-order valence-electron chi connectivity index (χ1n) is 5.81. The standard InChI is InChI=1S/C11H11BBrNO5/c13-10-7-1-2-17-4-6-5-18-12(9(6)7)19-8(10)3-14-11(15)16/h1-2,8,14H,3-5H2,(H,15,16). The largest absolute Gasteiger partial charge is 0.497 e. The van der Waals surface area contributed by atoms with Gasteiger partial charge in [0.1, 0.15) is 6.61 Å². The number of rotatable bonds is 2. The van der Waals surface area contributed by atoms with Crippen molar-refractivity contribution in [2.45, 2.75) is 6.10 Å². The van der Waals surface area contributed by atoms with Crippen LogP contribution < -0.4 is 5.32 Å². The highest BCUT2D eigenvalue weighted by molar-refractivity contribution is 9.11. The molecule has 0 fully saturated rings. The van der Waals surface area contributed by atoms with Gasteiger partial charge < -0.3 is 24.5 Å². The maximum absolute atomic E-state index is 10.6. The summed E-state index contributed by atoms with van der Waals surface area (Å²) >= 11 is 3.49. The first kappa shape index (κ1) is 12.8. The van der Waals surface area contributed by atoms with E-state index in [1.165, 1.54) is 0 Å². The third-order valence-corrected chi connectivity index (χ3v) is 4.11. The van der Waals surface area contributed by atoms with Crippen LogP contribution in [0.4, 0.5) is 4.79 Å². The van der Waals surface area contributed by atoms with Crippen LogP contribution in [0.15, 0.2) is 33.4 Å². The molecule has 3 aliphatic heterocycles. The van der Waals surface area contributed by atoms with Crippen molar-refractivity contribution in [3.05, 3.63) is 33.4 Å². The minimum atomic E-state index is -1.08. The third-order valence-electron chi connectivity index (χ3n) is 3.17. The molecule has 3 aliphatic rings. The SMILES string of the molecule is O=C(O)NCC1OB2OCC3=C2C(=C1Br)C=COC3. The molecule has 6 nitrogen and oxygen atoms in total. The van der Waals surface area contributed by atoms with Gasteiger partial charge >= 0.3 is 13.2 Å². The van der Waals surface area contributed by atoms with Crippen LogP contribution in [-0.4, -0.2) is 44.2 Å². The van der Waals surface area contributed by atoms with Crippen LogP contribution in [0.25, 0.3) is 0 Å². The van der Waals surface area contributed by atoms with Gasteiger partial charge in [-0.1, -0.05) is 15.9 Å². The molecule has 0 saturated heterocycles. The van der Waals surface area contributed by atoms with Gasteiger partial charge in [-0.05, 0) is 22.7 Å². The van der Waals surface area contributed by atoms with Crippen molar-refractivity contribution in [2.24, 2.45) is 0 Å². The Morgan fingerprint density at radius 1 is 1.58 bits per heavy atom. The van der Waals surface area contributed by atoms with E-state index in [-0.39, 0.29) is 6.54 Å². The van der Waals surface area contributed by atoms with Crippen LogP contribution >= 0.6 is 15.9 Å². The molecule has 3 rings (SSSR count). The van der Waals surface area contributed by atoms with E-state index in [1.54, 1.807) is 6.26 Å². The van der Waals surface area contributed by atoms with Crippen LogP contribution in [0.2, 0.25) is 0 Å². The predicted molar refractivity (Wildman–Crippen MR) is 70.7 cm³/mol. The zero-order valence-corrected chi connectivity index (χ0v) is 11.5. The van der Waals surface area contributed by atoms with Gasteiger partial charge in [-0.2, -0.15) is 0 Å². The second-order valence-electron chi connectivity index (χ2n) is 4.35. The van der Waals surface area contributed by atoms with Crippen molar-refractivity contribution in [3.63, 3.8) is 0 Å². The Hall–Kier alpha value is -1.25. The molecule has 0 spiro atoms. The van der Waals surface area contributed by atoms with E-state index >= 15 is 0 Å². The highest BCUT2D eigenvalue weighted by Crippen LogP contribution is 2.39. The number of allylic oxidation sites excluding steroid dienone is 3. The summed E-state index contributed by atoms with van der Waals surface area (Å²) in [5.41, 5.74) is 3.01. The molecule has 1 atom stereocenters. The fourth-order valence-corrected chi connectivity index (χ4v) is 2.93. The third kappa shape index (κ3) is 2.31. The van der Waals surface area contributed by atoms with Gasteiger partial charge in [0.2, 0.25) is 0 Å². The highest BCUT2D eigenvalue weighted by Gasteiger charge is 2.43. The molecule has 0 saturated carbocycles. The molecule has 0 bridgehead atoms. The molecule has 0 aliphatic carbocycles. The first-order chi connectivity index (χ1) is 9.16. The lowest BCUT2D eigenvalue weighted by atomic mass is 9.70. The number of halogens is 1. The molecule has 3 heterocycles. The van der Waals surface area contributed by atoms with Crippen molar-refractivity contribution < 1.29 is 23.9 Å². The van der Waals surface area contributed by atoms with Gasteiger partial charge in [-0.25, -0.2) is 4.79 Å². The van der Waals surface area contributed by atoms with Gasteiger partial charge in [0.25, 0.3) is 0 Å². The monoisotopic (exact) mass is 327 g/mol. The molecule has 8 heteroatoms. The van der Waals surface area contributed by atoms with E-state index in [4.69, 9.17) is 19.2 Å². The topological polar surface area (TPSA) is 77.0 Å². The Kier molecular flexibility index (Phi) is 3.38. The summed E-state index contributed by atoms with van der Waals surface area (Å²) in [4.78, 5) is 10.6. The molecule has 0 aromatic heterocycles. The van der Waals surface area contributed by atoms with Gasteiger partial charge in [-0.15, -0.1) is 0 Å². The first-order valence-corrected chi connectivity index (χ1v) is 6.60. The predicted octanol–water partition coefficient (Wildman–Crippen LogP) is 1.20. The molecule has 1 amide bonds. The van der Waals surface area contributed by atoms with E-state index in [9.17, 15) is 4.79 Å². The average Bonchev–Trinajstić information content (AvgIpc) is 2.65. The van der Waals surface area contributed by atoms with Crippen LogP contribution in [-0.2, 0) is 14.0 Å². The van der Waals surface area contributed by atoms with Crippen molar-refractivity contribution in [1.29, 1.82) is 0 Å². The van der Waals surface area contributed by atoms with Gasteiger partial charge in [0.05, 0.1) is 25.5 Å². The van der Waals surface area contributed by atoms with Gasteiger partial charge in [0, 0.05) is 4.48 Å². The molecular weight excluding hydrogens is 317 g/mol. The molecule has 100 valence electrons. The Balaban J connectivity index is 1.93. The lowest BCUT2D eigenvalue weighted by Crippen LogP contribution is -2.41. The normalized spacial score (nSPS) is 25.1. The Bertz CT molecular complexity index is 515. The molecule has 1 unspecified atom stereocenters. The van der Waals surface area contributed by atoms with Gasteiger partial charge in [0.15, 0.2) is 0 Å². The molecule has 2 N–H and O–H groups in total. The quantitative estimate of drug-likeness (QED) is 0.745. The Morgan fingerprint density at radius 3 is 3.21 bits per heavy atom. The fraction of sp³-hybridized carbons (Fsp3) is 0.364. The van der Waals surface area contributed by atoms with E-state index in [1.807, 2.05) is 6.08 Å². The van der Waals surface area contributed by atoms with Crippen molar-refractivity contribution in [2.75, 3.05) is 19.8 Å². The Labute approximate surface area is 118 Å². The Morgan fingerprint density at radius 2 is 2.42 bits per heavy atom. The number of nitrogens with one attached hydrogen (secondary N) is 1. The van der Waals surface area contributed by atoms with Crippen molar-refractivity contribution in [3.8, 4) is 0 Å². The van der Waals surface area contributed by atoms with Crippen molar-refractivity contribution in [1.82, 2.24) is 5.32 Å². The van der Waals surface area contributed by atoms with Crippen molar-refractivity contribution >= 4 is 29.1 Å². The molecular formula is C11H11BBrNO5. The van der Waals surface area contributed by atoms with Gasteiger partial charge in [-0.3, -0.25) is 0 Å². The number of hydrogen-bond acceptors (Lipinski definition) is 4. The summed E-state index contributed by atoms with van der Waals surface area (Å²) in [5.74, 6) is 0. The summed E-state index contributed by atoms with van der Waals surface area (Å²) in [6.45, 7) is 1.13. The molecule has 19 heavy (non-hydrogen) atoms. The maximum atomic E-state index is 10.6. The number of carbonyl (C=O) groups is 1. The zero-order chi connectivity index (χ0) is 13.4. The smallest absolute Gasteiger partial charge is 0.495 e. The molecule has 0 aromatic rings. The average molecular weight is 328 g/mol. The summed E-state index contributed by atoms with van der Waals surface area (Å²) in [6, 6.07) is 0. The summed E-state index contributed by atoms with van der Waals surface area (Å²) in [6.07, 6.45) is 2.01. The van der Waals surface area contributed by atoms with Crippen LogP contribution in [0.3, 0.4) is 0 Å². The van der Waals surface area contributed by atoms with Crippen LogP contribution in [0, 0.1) is 0 Å². The number of hydrogen-bond donors (Lipinski definition) is 2. The van der Waals surface area contributed by atoms with Crippen LogP contribution in [0.5, 0.6) is 0 Å². The highest BCUT2D eigenvalue weighted by atomic mass is 79.9. The summed E-state index contributed by atoms with van der Waals surface area (Å²) in [7, 11) is -0.446. The lowest BCUT2D eigenvalue weighted by molar-refractivity contribution is 0.163. The lowest BCUT2D eigenvalue weighted by Gasteiger charge is -2.28. The van der Waals surface area contributed by atoms with E-state index in [2.05, 4.69) is 21.2 Å². The minimum absolute atomic E-state index is 0.163. The van der Waals surface area contributed by atoms with E-state index in [0.717, 1.165) is 21.1 Å². The number of carboxylic acid groups (broad SMARTS) is 1. The second-order valence-corrected chi connectivity index (χ2v) is 5.20. The maximum Gasteiger partial charge on any atom is 0.495 e. The fourth-order valence-electron chi connectivity index (χ4n) is 2.31. The van der Waals surface area contributed by atoms with E-state index in [0.29, 0.717) is 13.2 Å². The summed E-state index contributed by atoms with van der Waals surface area (Å²) in [5, 5.41) is 11.0. The molecule has 0 aromatic carbocycles. The summed E-state index contributed by atoms with van der Waals surface area (Å²) < 4.78 is 17.5. The molecule has 0 radical (unpaired) electrons. The number of amides is 1. The number of ether oxygens (including phenoxy) is 1. The second kappa shape index (κ2) is 5.03. The minimum Gasteiger partial charge on any atom is -0.497 e. The zero-order valence-electron chi connectivity index (χ0n) is 9.89. The van der Waals surface area contributed by atoms with E-state index < -0.39 is 19.3 Å².